The zero-order chi connectivity index (χ0) is 16.7. The molecule has 0 radical (unpaired) electrons. The minimum absolute atomic E-state index is 0.241. The summed E-state index contributed by atoms with van der Waals surface area (Å²) in [7, 11) is 0. The number of aryl methyl sites for hydroxylation is 1. The molecule has 0 amide bonds. The van der Waals surface area contributed by atoms with Gasteiger partial charge in [-0.1, -0.05) is 18.2 Å². The lowest BCUT2D eigenvalue weighted by Gasteiger charge is -2.29. The summed E-state index contributed by atoms with van der Waals surface area (Å²) >= 11 is 0. The van der Waals surface area contributed by atoms with Gasteiger partial charge in [0.15, 0.2) is 5.58 Å². The van der Waals surface area contributed by atoms with Gasteiger partial charge in [0.2, 0.25) is 5.71 Å². The molecule has 0 aliphatic carbocycles. The molecule has 4 rings (SSSR count). The monoisotopic (exact) mass is 317 g/mol. The van der Waals surface area contributed by atoms with E-state index >= 15 is 0 Å². The molecular weight excluding hydrogens is 298 g/mol. The van der Waals surface area contributed by atoms with Crippen LogP contribution < -0.4 is 4.90 Å². The molecular formula is C20H19N3O. The van der Waals surface area contributed by atoms with Crippen LogP contribution in [0.4, 0.5) is 11.5 Å². The fraction of sp³-hybridized carbons (Fsp3) is 0.200. The van der Waals surface area contributed by atoms with Gasteiger partial charge in [-0.05, 0) is 50.6 Å². The Kier molecular flexibility index (Phi) is 3.45. The van der Waals surface area contributed by atoms with E-state index in [0.29, 0.717) is 5.71 Å². The fourth-order valence-electron chi connectivity index (χ4n) is 3.19. The average Bonchev–Trinajstić information content (AvgIpc) is 2.96. The number of nitrogens with zero attached hydrogens (tertiary/aromatic N) is 3. The number of fused-ring (bicyclic) bond motifs is 3. The maximum Gasteiger partial charge on any atom is 0.227 e. The smallest absolute Gasteiger partial charge is 0.227 e. The highest BCUT2D eigenvalue weighted by Gasteiger charge is 2.22. The Hall–Kier alpha value is -2.88. The number of pyridine rings is 2. The van der Waals surface area contributed by atoms with Crippen LogP contribution in [-0.4, -0.2) is 16.0 Å². The lowest BCUT2D eigenvalue weighted by molar-refractivity contribution is 0.649. The quantitative estimate of drug-likeness (QED) is 0.519. The Morgan fingerprint density at radius 3 is 2.50 bits per heavy atom. The lowest BCUT2D eigenvalue weighted by atomic mass is 10.1. The van der Waals surface area contributed by atoms with Crippen LogP contribution in [-0.2, 0) is 0 Å². The highest BCUT2D eigenvalue weighted by Crippen LogP contribution is 2.39. The minimum atomic E-state index is 0.241. The van der Waals surface area contributed by atoms with Crippen LogP contribution in [0.25, 0.3) is 22.1 Å². The molecule has 0 bridgehead atoms. The van der Waals surface area contributed by atoms with Crippen molar-refractivity contribution in [2.75, 3.05) is 4.90 Å². The Bertz CT molecular complexity index is 1010. The molecule has 4 aromatic rings. The topological polar surface area (TPSA) is 42.2 Å². The molecule has 0 spiro atoms. The Morgan fingerprint density at radius 2 is 1.75 bits per heavy atom. The van der Waals surface area contributed by atoms with Crippen LogP contribution in [0, 0.1) is 6.92 Å². The number of hydrogen-bond donors (Lipinski definition) is 0. The third-order valence-electron chi connectivity index (χ3n) is 4.25. The standard InChI is InChI=1S/C20H19N3O/c1-13(2)23(17-8-4-5-11-21-17)18-14(3)9-10-15-16-7-6-12-22-20(16)24-19(15)18/h4-13H,1-3H3. The molecule has 0 unspecified atom stereocenters. The van der Waals surface area contributed by atoms with E-state index in [9.17, 15) is 0 Å². The van der Waals surface area contributed by atoms with E-state index in [2.05, 4.69) is 47.8 Å². The first-order valence-corrected chi connectivity index (χ1v) is 8.14. The summed E-state index contributed by atoms with van der Waals surface area (Å²) in [6, 6.07) is 14.4. The van der Waals surface area contributed by atoms with Crippen LogP contribution in [0.1, 0.15) is 19.4 Å². The van der Waals surface area contributed by atoms with E-state index in [4.69, 9.17) is 4.42 Å². The first kappa shape index (κ1) is 14.7. The predicted octanol–water partition coefficient (Wildman–Crippen LogP) is 5.23. The van der Waals surface area contributed by atoms with E-state index in [0.717, 1.165) is 33.4 Å². The zero-order valence-corrected chi connectivity index (χ0v) is 14.0. The summed E-state index contributed by atoms with van der Waals surface area (Å²) < 4.78 is 6.14. The fourth-order valence-corrected chi connectivity index (χ4v) is 3.19. The number of furan rings is 1. The van der Waals surface area contributed by atoms with Crippen molar-refractivity contribution in [3.63, 3.8) is 0 Å². The molecule has 120 valence electrons. The van der Waals surface area contributed by atoms with E-state index < -0.39 is 0 Å². The Morgan fingerprint density at radius 1 is 0.917 bits per heavy atom. The lowest BCUT2D eigenvalue weighted by Crippen LogP contribution is -2.27. The molecule has 24 heavy (non-hydrogen) atoms. The molecule has 0 atom stereocenters. The highest BCUT2D eigenvalue weighted by molar-refractivity contribution is 6.09. The predicted molar refractivity (Wildman–Crippen MR) is 97.8 cm³/mol. The minimum Gasteiger partial charge on any atom is -0.435 e. The molecule has 0 saturated heterocycles. The van der Waals surface area contributed by atoms with Crippen molar-refractivity contribution in [1.82, 2.24) is 9.97 Å². The van der Waals surface area contributed by atoms with Crippen molar-refractivity contribution in [1.29, 1.82) is 0 Å². The van der Waals surface area contributed by atoms with Gasteiger partial charge in [-0.2, -0.15) is 0 Å². The molecule has 3 heterocycles. The summed E-state index contributed by atoms with van der Waals surface area (Å²) in [5.41, 5.74) is 3.74. The average molecular weight is 317 g/mol. The van der Waals surface area contributed by atoms with Gasteiger partial charge in [0.25, 0.3) is 0 Å². The Labute approximate surface area is 140 Å². The van der Waals surface area contributed by atoms with E-state index in [-0.39, 0.29) is 6.04 Å². The van der Waals surface area contributed by atoms with Gasteiger partial charge in [0.1, 0.15) is 5.82 Å². The summed E-state index contributed by atoms with van der Waals surface area (Å²) in [5.74, 6) is 0.913. The molecule has 4 heteroatoms. The first-order chi connectivity index (χ1) is 11.7. The SMILES string of the molecule is Cc1ccc2c(oc3ncccc32)c1N(c1ccccn1)C(C)C. The van der Waals surface area contributed by atoms with Crippen LogP contribution >= 0.6 is 0 Å². The molecule has 0 aliphatic rings. The van der Waals surface area contributed by atoms with Crippen molar-refractivity contribution >= 4 is 33.6 Å². The second-order valence-electron chi connectivity index (χ2n) is 6.22. The molecule has 1 aromatic carbocycles. The van der Waals surface area contributed by atoms with Crippen LogP contribution in [0.3, 0.4) is 0 Å². The van der Waals surface area contributed by atoms with E-state index in [1.54, 1.807) is 6.20 Å². The number of benzene rings is 1. The maximum atomic E-state index is 6.14. The first-order valence-electron chi connectivity index (χ1n) is 8.14. The molecule has 4 nitrogen and oxygen atoms in total. The van der Waals surface area contributed by atoms with Crippen molar-refractivity contribution < 1.29 is 4.42 Å². The highest BCUT2D eigenvalue weighted by atomic mass is 16.3. The van der Waals surface area contributed by atoms with Gasteiger partial charge < -0.3 is 9.32 Å². The summed E-state index contributed by atoms with van der Waals surface area (Å²) in [6.45, 7) is 6.43. The second kappa shape index (κ2) is 5.64. The molecule has 0 saturated carbocycles. The van der Waals surface area contributed by atoms with E-state index in [1.165, 1.54) is 0 Å². The van der Waals surface area contributed by atoms with Gasteiger partial charge in [-0.15, -0.1) is 0 Å². The normalized spacial score (nSPS) is 11.5. The molecule has 3 aromatic heterocycles. The van der Waals surface area contributed by atoms with Crippen molar-refractivity contribution in [3.05, 3.63) is 60.4 Å². The maximum absolute atomic E-state index is 6.14. The summed E-state index contributed by atoms with van der Waals surface area (Å²) in [6.07, 6.45) is 3.58. The molecule has 0 N–H and O–H groups in total. The van der Waals surface area contributed by atoms with Crippen molar-refractivity contribution in [3.8, 4) is 0 Å². The van der Waals surface area contributed by atoms with Gasteiger partial charge in [-0.25, -0.2) is 9.97 Å². The molecule has 0 aliphatic heterocycles. The van der Waals surface area contributed by atoms with Gasteiger partial charge in [0, 0.05) is 29.2 Å². The third kappa shape index (κ3) is 2.22. The van der Waals surface area contributed by atoms with Crippen LogP contribution in [0.2, 0.25) is 0 Å². The summed E-state index contributed by atoms with van der Waals surface area (Å²) in [4.78, 5) is 11.1. The van der Waals surface area contributed by atoms with E-state index in [1.807, 2.05) is 36.5 Å². The third-order valence-corrected chi connectivity index (χ3v) is 4.25. The van der Waals surface area contributed by atoms with Gasteiger partial charge >= 0.3 is 0 Å². The largest absolute Gasteiger partial charge is 0.435 e. The zero-order valence-electron chi connectivity index (χ0n) is 14.0. The van der Waals surface area contributed by atoms with Crippen molar-refractivity contribution in [2.24, 2.45) is 0 Å². The number of rotatable bonds is 3. The number of hydrogen-bond acceptors (Lipinski definition) is 4. The van der Waals surface area contributed by atoms with Crippen molar-refractivity contribution in [2.45, 2.75) is 26.8 Å². The van der Waals surface area contributed by atoms with Crippen LogP contribution in [0.15, 0.2) is 59.3 Å². The van der Waals surface area contributed by atoms with Gasteiger partial charge in [0.05, 0.1) is 5.69 Å². The van der Waals surface area contributed by atoms with Crippen LogP contribution in [0.5, 0.6) is 0 Å². The second-order valence-corrected chi connectivity index (χ2v) is 6.22. The van der Waals surface area contributed by atoms with Gasteiger partial charge in [-0.3, -0.25) is 0 Å². The summed E-state index contributed by atoms with van der Waals surface area (Å²) in [5, 5.41) is 2.12. The molecule has 0 fully saturated rings. The number of anilines is 2. The Balaban J connectivity index is 2.05. The number of aromatic nitrogens is 2.